The molecule has 0 aromatic heterocycles. The van der Waals surface area contributed by atoms with Crippen molar-refractivity contribution in [3.8, 4) is 0 Å². The highest BCUT2D eigenvalue weighted by Gasteiger charge is 2.44. The molecule has 0 heterocycles. The summed E-state index contributed by atoms with van der Waals surface area (Å²) in [7, 11) is 3.48. The van der Waals surface area contributed by atoms with E-state index in [2.05, 4.69) is 32.4 Å². The molecule has 3 nitrogen and oxygen atoms in total. The Morgan fingerprint density at radius 3 is 1.92 bits per heavy atom. The minimum atomic E-state index is -2.11. The minimum absolute atomic E-state index is 0.444. The summed E-state index contributed by atoms with van der Waals surface area (Å²) >= 11 is 0. The summed E-state index contributed by atoms with van der Waals surface area (Å²) in [6.07, 6.45) is 1.13. The lowest BCUT2D eigenvalue weighted by molar-refractivity contribution is 0.166. The predicted octanol–water partition coefficient (Wildman–Crippen LogP) is 1.97. The average Bonchev–Trinajstić information content (AvgIpc) is 2.07. The zero-order chi connectivity index (χ0) is 10.5. The monoisotopic (exact) mass is 205 g/mol. The SMILES string of the molecule is CCCN(C)[Si](OC)(OC)C(C)C. The summed E-state index contributed by atoms with van der Waals surface area (Å²) in [5.74, 6) is 0. The predicted molar refractivity (Wildman–Crippen MR) is 57.8 cm³/mol. The molecule has 0 aromatic rings. The Balaban J connectivity index is 4.54. The largest absolute Gasteiger partial charge is 0.429 e. The van der Waals surface area contributed by atoms with Gasteiger partial charge in [0, 0.05) is 19.8 Å². The Morgan fingerprint density at radius 1 is 1.23 bits per heavy atom. The molecule has 0 aromatic carbocycles. The van der Waals surface area contributed by atoms with E-state index in [9.17, 15) is 0 Å². The molecule has 0 amide bonds. The fourth-order valence-corrected chi connectivity index (χ4v) is 4.95. The lowest BCUT2D eigenvalue weighted by Gasteiger charge is -2.38. The lowest BCUT2D eigenvalue weighted by atomic mass is 10.5. The Bertz CT molecular complexity index is 138. The third kappa shape index (κ3) is 2.77. The van der Waals surface area contributed by atoms with Gasteiger partial charge in [0.2, 0.25) is 0 Å². The van der Waals surface area contributed by atoms with Crippen molar-refractivity contribution >= 4 is 8.72 Å². The van der Waals surface area contributed by atoms with Gasteiger partial charge >= 0.3 is 8.72 Å². The molecule has 0 unspecified atom stereocenters. The van der Waals surface area contributed by atoms with Crippen molar-refractivity contribution in [1.82, 2.24) is 4.57 Å². The molecule has 0 rings (SSSR count). The summed E-state index contributed by atoms with van der Waals surface area (Å²) in [6, 6.07) is 0. The van der Waals surface area contributed by atoms with Gasteiger partial charge in [-0.2, -0.15) is 0 Å². The first-order chi connectivity index (χ1) is 6.05. The summed E-state index contributed by atoms with van der Waals surface area (Å²) in [5.41, 5.74) is 0.444. The van der Waals surface area contributed by atoms with Crippen LogP contribution in [0.25, 0.3) is 0 Å². The Labute approximate surface area is 83.4 Å². The number of nitrogens with zero attached hydrogens (tertiary/aromatic N) is 1. The van der Waals surface area contributed by atoms with E-state index < -0.39 is 8.72 Å². The van der Waals surface area contributed by atoms with Gasteiger partial charge in [-0.3, -0.25) is 4.57 Å². The molecule has 0 saturated carbocycles. The van der Waals surface area contributed by atoms with Crippen molar-refractivity contribution in [2.24, 2.45) is 0 Å². The van der Waals surface area contributed by atoms with Crippen LogP contribution in [0.3, 0.4) is 0 Å². The van der Waals surface area contributed by atoms with E-state index >= 15 is 0 Å². The summed E-state index contributed by atoms with van der Waals surface area (Å²) in [4.78, 5) is 0. The van der Waals surface area contributed by atoms with Crippen LogP contribution in [0, 0.1) is 0 Å². The Morgan fingerprint density at radius 2 is 1.69 bits per heavy atom. The van der Waals surface area contributed by atoms with Crippen LogP contribution in [0.5, 0.6) is 0 Å². The molecule has 0 N–H and O–H groups in total. The molecular formula is C9H23NO2Si. The van der Waals surface area contributed by atoms with E-state index in [0.717, 1.165) is 13.0 Å². The highest BCUT2D eigenvalue weighted by Crippen LogP contribution is 2.24. The van der Waals surface area contributed by atoms with E-state index in [4.69, 9.17) is 8.85 Å². The standard InChI is InChI=1S/C9H23NO2Si/c1-7-8-10(4)13(11-5,12-6)9(2)3/h9H,7-8H2,1-6H3. The molecule has 0 aliphatic heterocycles. The van der Waals surface area contributed by atoms with Gasteiger partial charge in [0.05, 0.1) is 0 Å². The van der Waals surface area contributed by atoms with Crippen LogP contribution in [0.1, 0.15) is 27.2 Å². The first-order valence-electron chi connectivity index (χ1n) is 4.86. The molecule has 4 heteroatoms. The zero-order valence-electron chi connectivity index (χ0n) is 9.76. The second kappa shape index (κ2) is 5.75. The Kier molecular flexibility index (Phi) is 5.79. The van der Waals surface area contributed by atoms with Gasteiger partial charge in [0.15, 0.2) is 0 Å². The van der Waals surface area contributed by atoms with Gasteiger partial charge in [0.1, 0.15) is 0 Å². The fourth-order valence-electron chi connectivity index (χ4n) is 1.80. The highest BCUT2D eigenvalue weighted by atomic mass is 28.4. The van der Waals surface area contributed by atoms with Gasteiger partial charge in [0.25, 0.3) is 0 Å². The van der Waals surface area contributed by atoms with Crippen LogP contribution >= 0.6 is 0 Å². The number of hydrogen-bond donors (Lipinski definition) is 0. The maximum Gasteiger partial charge on any atom is 0.429 e. The van der Waals surface area contributed by atoms with Crippen molar-refractivity contribution in [1.29, 1.82) is 0 Å². The third-order valence-electron chi connectivity index (χ3n) is 2.41. The van der Waals surface area contributed by atoms with Gasteiger partial charge in [-0.25, -0.2) is 0 Å². The molecule has 0 spiro atoms. The van der Waals surface area contributed by atoms with E-state index in [1.165, 1.54) is 0 Å². The zero-order valence-corrected chi connectivity index (χ0v) is 10.8. The van der Waals surface area contributed by atoms with Crippen LogP contribution < -0.4 is 0 Å². The smallest absolute Gasteiger partial charge is 0.386 e. The summed E-state index contributed by atoms with van der Waals surface area (Å²) < 4.78 is 13.5. The van der Waals surface area contributed by atoms with Gasteiger partial charge in [-0.05, 0) is 20.0 Å². The average molecular weight is 205 g/mol. The maximum atomic E-state index is 5.61. The topological polar surface area (TPSA) is 21.7 Å². The van der Waals surface area contributed by atoms with Crippen molar-refractivity contribution in [3.05, 3.63) is 0 Å². The molecule has 13 heavy (non-hydrogen) atoms. The first-order valence-corrected chi connectivity index (χ1v) is 6.70. The van der Waals surface area contributed by atoms with Crippen molar-refractivity contribution in [2.45, 2.75) is 32.7 Å². The third-order valence-corrected chi connectivity index (χ3v) is 6.32. The van der Waals surface area contributed by atoms with E-state index in [-0.39, 0.29) is 0 Å². The van der Waals surface area contributed by atoms with Crippen LogP contribution in [-0.4, -0.2) is 41.1 Å². The van der Waals surface area contributed by atoms with Crippen LogP contribution in [0.2, 0.25) is 5.54 Å². The van der Waals surface area contributed by atoms with Crippen molar-refractivity contribution in [3.63, 3.8) is 0 Å². The molecule has 0 radical (unpaired) electrons. The van der Waals surface area contributed by atoms with Crippen LogP contribution in [-0.2, 0) is 8.85 Å². The van der Waals surface area contributed by atoms with Crippen LogP contribution in [0.15, 0.2) is 0 Å². The van der Waals surface area contributed by atoms with Gasteiger partial charge < -0.3 is 8.85 Å². The first kappa shape index (κ1) is 13.1. The van der Waals surface area contributed by atoms with Crippen LogP contribution in [0.4, 0.5) is 0 Å². The molecule has 0 saturated heterocycles. The number of hydrogen-bond acceptors (Lipinski definition) is 3. The molecule has 0 aliphatic carbocycles. The van der Waals surface area contributed by atoms with E-state index in [1.54, 1.807) is 14.2 Å². The molecule has 80 valence electrons. The molecule has 0 bridgehead atoms. The number of rotatable bonds is 6. The summed E-state index contributed by atoms with van der Waals surface area (Å²) in [6.45, 7) is 7.52. The fraction of sp³-hybridized carbons (Fsp3) is 1.00. The second-order valence-corrected chi connectivity index (χ2v) is 7.61. The molecular weight excluding hydrogens is 182 g/mol. The highest BCUT2D eigenvalue weighted by molar-refractivity contribution is 6.65. The normalized spacial score (nSPS) is 12.9. The summed E-state index contributed by atoms with van der Waals surface area (Å²) in [5, 5.41) is 0. The quantitative estimate of drug-likeness (QED) is 0.619. The molecule has 0 aliphatic rings. The van der Waals surface area contributed by atoms with E-state index in [0.29, 0.717) is 5.54 Å². The molecule has 0 fully saturated rings. The molecule has 0 atom stereocenters. The van der Waals surface area contributed by atoms with Gasteiger partial charge in [-0.1, -0.05) is 20.8 Å². The van der Waals surface area contributed by atoms with E-state index in [1.807, 2.05) is 0 Å². The Hall–Kier alpha value is 0.0969. The van der Waals surface area contributed by atoms with Gasteiger partial charge in [-0.15, -0.1) is 0 Å². The second-order valence-electron chi connectivity index (χ2n) is 3.62. The van der Waals surface area contributed by atoms with Crippen molar-refractivity contribution in [2.75, 3.05) is 27.8 Å². The van der Waals surface area contributed by atoms with Crippen molar-refractivity contribution < 1.29 is 8.85 Å². The lowest BCUT2D eigenvalue weighted by Crippen LogP contribution is -2.58. The maximum absolute atomic E-state index is 5.61. The minimum Gasteiger partial charge on any atom is -0.386 e.